The number of carbonyl (C=O) groups is 1. The van der Waals surface area contributed by atoms with Crippen molar-refractivity contribution in [3.8, 4) is 0 Å². The number of piperidine rings is 1. The molecule has 4 heterocycles. The van der Waals surface area contributed by atoms with E-state index in [2.05, 4.69) is 20.3 Å². The fourth-order valence-corrected chi connectivity index (χ4v) is 4.64. The number of alkyl halides is 7. The van der Waals surface area contributed by atoms with Crippen molar-refractivity contribution in [2.45, 2.75) is 36.9 Å². The van der Waals surface area contributed by atoms with Gasteiger partial charge in [-0.1, -0.05) is 0 Å². The first-order valence-electron chi connectivity index (χ1n) is 11.5. The average molecular weight is 553 g/mol. The van der Waals surface area contributed by atoms with Crippen LogP contribution < -0.4 is 16.0 Å². The number of hydrogen-bond donors (Lipinski definition) is 2. The van der Waals surface area contributed by atoms with Crippen LogP contribution in [0.2, 0.25) is 0 Å². The Kier molecular flexibility index (Phi) is 7.38. The van der Waals surface area contributed by atoms with E-state index in [1.165, 1.54) is 4.90 Å². The minimum absolute atomic E-state index is 0.0349. The zero-order valence-corrected chi connectivity index (χ0v) is 19.7. The van der Waals surface area contributed by atoms with Gasteiger partial charge in [0.15, 0.2) is 11.6 Å². The van der Waals surface area contributed by atoms with Gasteiger partial charge in [-0.25, -0.2) is 27.5 Å². The number of hydrogen-bond acceptors (Lipinski definition) is 7. The third kappa shape index (κ3) is 6.05. The van der Waals surface area contributed by atoms with Crippen molar-refractivity contribution in [3.63, 3.8) is 0 Å². The minimum atomic E-state index is -4.68. The van der Waals surface area contributed by atoms with E-state index in [1.807, 2.05) is 0 Å². The van der Waals surface area contributed by atoms with Crippen LogP contribution in [0.1, 0.15) is 30.1 Å². The summed E-state index contributed by atoms with van der Waals surface area (Å²) < 4.78 is 112. The quantitative estimate of drug-likeness (QED) is 0.507. The molecule has 2 fully saturated rings. The van der Waals surface area contributed by atoms with Gasteiger partial charge >= 0.3 is 6.18 Å². The number of amides is 1. The molecule has 4 rings (SSSR count). The zero-order valence-electron chi connectivity index (χ0n) is 19.7. The maximum absolute atomic E-state index is 15.3. The van der Waals surface area contributed by atoms with Gasteiger partial charge in [-0.15, -0.1) is 0 Å². The van der Waals surface area contributed by atoms with E-state index in [-0.39, 0.29) is 25.2 Å². The number of nitrogens with one attached hydrogen (secondary N) is 1. The van der Waals surface area contributed by atoms with Gasteiger partial charge in [-0.3, -0.25) is 14.7 Å². The first-order chi connectivity index (χ1) is 17.7. The predicted octanol–water partition coefficient (Wildman–Crippen LogP) is 3.47. The Morgan fingerprint density at radius 3 is 2.47 bits per heavy atom. The molecule has 208 valence electrons. The van der Waals surface area contributed by atoms with Gasteiger partial charge in [0.2, 0.25) is 11.7 Å². The van der Waals surface area contributed by atoms with Gasteiger partial charge in [-0.2, -0.15) is 17.6 Å². The molecule has 0 spiro atoms. The average Bonchev–Trinajstić information content (AvgIpc) is 3.13. The molecule has 3 N–H and O–H groups in total. The van der Waals surface area contributed by atoms with Gasteiger partial charge in [0.25, 0.3) is 11.8 Å². The predicted molar refractivity (Wildman–Crippen MR) is 118 cm³/mol. The molecule has 0 aliphatic carbocycles. The van der Waals surface area contributed by atoms with Crippen LogP contribution in [-0.4, -0.2) is 70.3 Å². The van der Waals surface area contributed by atoms with E-state index in [9.17, 15) is 35.5 Å². The molecule has 2 unspecified atom stereocenters. The van der Waals surface area contributed by atoms with Crippen molar-refractivity contribution in [1.29, 1.82) is 0 Å². The second-order valence-electron chi connectivity index (χ2n) is 9.34. The van der Waals surface area contributed by atoms with Crippen LogP contribution in [0.5, 0.6) is 0 Å². The summed E-state index contributed by atoms with van der Waals surface area (Å²) >= 11 is 0. The van der Waals surface area contributed by atoms with E-state index in [4.69, 9.17) is 5.73 Å². The molecule has 2 aliphatic rings. The molecule has 8 nitrogen and oxygen atoms in total. The van der Waals surface area contributed by atoms with Gasteiger partial charge in [-0.05, 0) is 25.1 Å². The van der Waals surface area contributed by atoms with Crippen molar-refractivity contribution in [1.82, 2.24) is 19.9 Å². The van der Waals surface area contributed by atoms with Crippen LogP contribution in [0, 0.1) is 11.7 Å². The summed E-state index contributed by atoms with van der Waals surface area (Å²) in [6.45, 7) is -2.29. The van der Waals surface area contributed by atoms with Gasteiger partial charge in [0, 0.05) is 25.1 Å². The Morgan fingerprint density at radius 2 is 1.87 bits per heavy atom. The maximum atomic E-state index is 15.3. The first kappa shape index (κ1) is 27.7. The number of halogens is 8. The van der Waals surface area contributed by atoms with Gasteiger partial charge in [0.1, 0.15) is 6.33 Å². The molecule has 0 aromatic carbocycles. The zero-order chi connectivity index (χ0) is 27.9. The summed E-state index contributed by atoms with van der Waals surface area (Å²) in [6.07, 6.45) is -4.20. The van der Waals surface area contributed by atoms with Crippen molar-refractivity contribution in [3.05, 3.63) is 41.7 Å². The third-order valence-electron chi connectivity index (χ3n) is 6.49. The Morgan fingerprint density at radius 1 is 1.13 bits per heavy atom. The van der Waals surface area contributed by atoms with Crippen molar-refractivity contribution >= 4 is 17.5 Å². The first-order valence-corrected chi connectivity index (χ1v) is 11.5. The molecule has 0 saturated carbocycles. The SMILES string of the molecule is NC(=O)CN1CCC(CNc2ncnc(N3CC(F)(F)CC3c3ccc(C(F)(F)F)cn3)c2F)C(F)(F)C1. The highest BCUT2D eigenvalue weighted by molar-refractivity contribution is 5.75. The van der Waals surface area contributed by atoms with E-state index in [1.54, 1.807) is 0 Å². The minimum Gasteiger partial charge on any atom is -0.369 e. The van der Waals surface area contributed by atoms with E-state index in [0.717, 1.165) is 17.3 Å². The van der Waals surface area contributed by atoms with Crippen LogP contribution in [0.4, 0.5) is 46.8 Å². The number of anilines is 2. The largest absolute Gasteiger partial charge is 0.417 e. The Bertz CT molecular complexity index is 1160. The second kappa shape index (κ2) is 10.1. The molecular formula is C22H23F8N7O. The summed E-state index contributed by atoms with van der Waals surface area (Å²) in [4.78, 5) is 24.2. The number of carbonyl (C=O) groups excluding carboxylic acids is 1. The lowest BCUT2D eigenvalue weighted by Gasteiger charge is -2.37. The molecule has 0 bridgehead atoms. The second-order valence-corrected chi connectivity index (χ2v) is 9.34. The van der Waals surface area contributed by atoms with Crippen molar-refractivity contribution in [2.24, 2.45) is 11.7 Å². The number of nitrogens with two attached hydrogens (primary N) is 1. The summed E-state index contributed by atoms with van der Waals surface area (Å²) in [6, 6.07) is 0.325. The molecule has 2 aliphatic heterocycles. The van der Waals surface area contributed by atoms with Crippen LogP contribution in [0.3, 0.4) is 0 Å². The van der Waals surface area contributed by atoms with E-state index < -0.39 is 85.0 Å². The molecule has 0 radical (unpaired) electrons. The molecule has 2 aromatic heterocycles. The maximum Gasteiger partial charge on any atom is 0.417 e. The third-order valence-corrected chi connectivity index (χ3v) is 6.49. The fraction of sp³-hybridized carbons (Fsp3) is 0.545. The standard InChI is InChI=1S/C22H23F8N7O/c23-17-18(33-6-12-3-4-36(8-16(31)38)10-21(12,26)27)34-11-35-19(17)37-9-20(24,25)5-15(37)14-2-1-13(7-32-14)22(28,29)30/h1-2,7,11-12,15H,3-6,8-10H2,(H2,31,38)(H,33,34,35). The summed E-state index contributed by atoms with van der Waals surface area (Å²) in [5.74, 6) is -10.8. The molecule has 2 atom stereocenters. The van der Waals surface area contributed by atoms with Crippen LogP contribution >= 0.6 is 0 Å². The highest BCUT2D eigenvalue weighted by Crippen LogP contribution is 2.44. The highest BCUT2D eigenvalue weighted by atomic mass is 19.4. The van der Waals surface area contributed by atoms with Gasteiger partial charge in [0.05, 0.1) is 36.9 Å². The number of primary amides is 1. The summed E-state index contributed by atoms with van der Waals surface area (Å²) in [5.41, 5.74) is 3.83. The van der Waals surface area contributed by atoms with Crippen molar-refractivity contribution < 1.29 is 39.9 Å². The smallest absolute Gasteiger partial charge is 0.369 e. The molecule has 1 amide bonds. The Balaban J connectivity index is 1.52. The van der Waals surface area contributed by atoms with E-state index in [0.29, 0.717) is 12.3 Å². The molecule has 16 heteroatoms. The Hall–Kier alpha value is -3.30. The number of rotatable bonds is 7. The molecule has 2 aromatic rings. The summed E-state index contributed by atoms with van der Waals surface area (Å²) in [5, 5.41) is 2.49. The molecule has 38 heavy (non-hydrogen) atoms. The number of aromatic nitrogens is 3. The normalized spacial score (nSPS) is 23.4. The van der Waals surface area contributed by atoms with Crippen LogP contribution in [-0.2, 0) is 11.0 Å². The Labute approximate surface area is 211 Å². The van der Waals surface area contributed by atoms with Crippen LogP contribution in [0.25, 0.3) is 0 Å². The topological polar surface area (TPSA) is 100 Å². The molecule has 2 saturated heterocycles. The monoisotopic (exact) mass is 553 g/mol. The van der Waals surface area contributed by atoms with Crippen LogP contribution in [0.15, 0.2) is 24.7 Å². The van der Waals surface area contributed by atoms with E-state index >= 15 is 4.39 Å². The number of pyridine rings is 1. The number of likely N-dealkylation sites (tertiary alicyclic amines) is 1. The molecular weight excluding hydrogens is 530 g/mol. The number of nitrogens with zero attached hydrogens (tertiary/aromatic N) is 5. The highest BCUT2D eigenvalue weighted by Gasteiger charge is 2.48. The van der Waals surface area contributed by atoms with Crippen molar-refractivity contribution in [2.75, 3.05) is 42.9 Å². The lowest BCUT2D eigenvalue weighted by atomic mass is 9.92. The summed E-state index contributed by atoms with van der Waals surface area (Å²) in [7, 11) is 0. The van der Waals surface area contributed by atoms with Gasteiger partial charge < -0.3 is 16.0 Å². The lowest BCUT2D eigenvalue weighted by molar-refractivity contribution is -0.137. The fourth-order valence-electron chi connectivity index (χ4n) is 4.64. The lowest BCUT2D eigenvalue weighted by Crippen LogP contribution is -2.52.